The molecule has 21 heavy (non-hydrogen) atoms. The third kappa shape index (κ3) is 3.19. The van der Waals surface area contributed by atoms with Gasteiger partial charge in [-0.05, 0) is 53.4 Å². The van der Waals surface area contributed by atoms with Gasteiger partial charge in [0.25, 0.3) is 0 Å². The van der Waals surface area contributed by atoms with Gasteiger partial charge in [-0.15, -0.1) is 0 Å². The number of rotatable bonds is 4. The lowest BCUT2D eigenvalue weighted by Crippen LogP contribution is -2.13. The highest BCUT2D eigenvalue weighted by Crippen LogP contribution is 2.35. The van der Waals surface area contributed by atoms with Crippen LogP contribution in [0.5, 0.6) is 0 Å². The second-order valence-electron chi connectivity index (χ2n) is 6.72. The third-order valence-electron chi connectivity index (χ3n) is 4.47. The Morgan fingerprint density at radius 1 is 1.00 bits per heavy atom. The molecule has 1 nitrogen and oxygen atoms in total. The second-order valence-corrected chi connectivity index (χ2v) is 6.72. The fraction of sp³-hybridized carbons (Fsp3) is 0.400. The number of hydrogen-bond acceptors (Lipinski definition) is 1. The van der Waals surface area contributed by atoms with Crippen molar-refractivity contribution in [2.75, 3.05) is 0 Å². The van der Waals surface area contributed by atoms with Gasteiger partial charge >= 0.3 is 0 Å². The Labute approximate surface area is 127 Å². The number of hydrogen-bond donors (Lipinski definition) is 1. The average Bonchev–Trinajstić information content (AvgIpc) is 2.90. The summed E-state index contributed by atoms with van der Waals surface area (Å²) in [6.45, 7) is 4.47. The first kappa shape index (κ1) is 14.3. The van der Waals surface area contributed by atoms with E-state index in [0.29, 0.717) is 11.8 Å². The lowest BCUT2D eigenvalue weighted by Gasteiger charge is -2.19. The van der Waals surface area contributed by atoms with Crippen molar-refractivity contribution in [1.82, 2.24) is 0 Å². The molecule has 1 N–H and O–H groups in total. The van der Waals surface area contributed by atoms with Crippen LogP contribution in [0.1, 0.15) is 42.2 Å². The molecule has 1 unspecified atom stereocenters. The first-order valence-corrected chi connectivity index (χ1v) is 7.97. The van der Waals surface area contributed by atoms with Crippen LogP contribution in [0.15, 0.2) is 48.5 Å². The minimum absolute atomic E-state index is 0.316. The molecule has 110 valence electrons. The van der Waals surface area contributed by atoms with Crippen molar-refractivity contribution in [2.45, 2.75) is 39.2 Å². The van der Waals surface area contributed by atoms with Crippen molar-refractivity contribution in [2.24, 2.45) is 11.8 Å². The maximum Gasteiger partial charge on any atom is 0.0824 e. The highest BCUT2D eigenvalue weighted by molar-refractivity contribution is 5.34. The summed E-state index contributed by atoms with van der Waals surface area (Å²) in [6.07, 6.45) is 2.70. The summed E-state index contributed by atoms with van der Waals surface area (Å²) in [7, 11) is 0. The van der Waals surface area contributed by atoms with Gasteiger partial charge in [0.1, 0.15) is 0 Å². The number of fused-ring (bicyclic) bond motifs is 1. The van der Waals surface area contributed by atoms with Gasteiger partial charge in [-0.1, -0.05) is 62.4 Å². The Hall–Kier alpha value is -1.60. The van der Waals surface area contributed by atoms with Crippen molar-refractivity contribution in [3.8, 4) is 0 Å². The number of aliphatic hydroxyl groups excluding tert-OH is 1. The lowest BCUT2D eigenvalue weighted by atomic mass is 9.91. The van der Waals surface area contributed by atoms with Crippen LogP contribution in [-0.4, -0.2) is 5.11 Å². The van der Waals surface area contributed by atoms with Crippen molar-refractivity contribution in [3.63, 3.8) is 0 Å². The highest BCUT2D eigenvalue weighted by atomic mass is 16.3. The Morgan fingerprint density at radius 3 is 2.29 bits per heavy atom. The summed E-state index contributed by atoms with van der Waals surface area (Å²) >= 11 is 0. The Morgan fingerprint density at radius 2 is 1.67 bits per heavy atom. The largest absolute Gasteiger partial charge is 0.388 e. The van der Waals surface area contributed by atoms with Crippen LogP contribution in [0, 0.1) is 11.8 Å². The lowest BCUT2D eigenvalue weighted by molar-refractivity contribution is 0.113. The van der Waals surface area contributed by atoms with E-state index in [1.54, 1.807) is 0 Å². The first-order valence-electron chi connectivity index (χ1n) is 7.97. The summed E-state index contributed by atoms with van der Waals surface area (Å²) in [5, 5.41) is 10.8. The smallest absolute Gasteiger partial charge is 0.0824 e. The zero-order valence-corrected chi connectivity index (χ0v) is 12.9. The molecule has 0 aromatic heterocycles. The second kappa shape index (κ2) is 6.03. The average molecular weight is 280 g/mol. The molecule has 1 aliphatic rings. The molecule has 0 heterocycles. The predicted molar refractivity (Wildman–Crippen MR) is 87.3 cm³/mol. The van der Waals surface area contributed by atoms with Crippen LogP contribution in [0.3, 0.4) is 0 Å². The topological polar surface area (TPSA) is 20.2 Å². The fourth-order valence-electron chi connectivity index (χ4n) is 3.46. The van der Waals surface area contributed by atoms with Gasteiger partial charge < -0.3 is 5.11 Å². The molecule has 0 amide bonds. The van der Waals surface area contributed by atoms with E-state index in [1.807, 2.05) is 0 Å². The summed E-state index contributed by atoms with van der Waals surface area (Å²) in [5.74, 6) is 0.963. The van der Waals surface area contributed by atoms with Crippen molar-refractivity contribution in [3.05, 3.63) is 70.8 Å². The van der Waals surface area contributed by atoms with Crippen LogP contribution in [0.4, 0.5) is 0 Å². The van der Waals surface area contributed by atoms with Gasteiger partial charge in [-0.25, -0.2) is 0 Å². The van der Waals surface area contributed by atoms with Gasteiger partial charge in [0, 0.05) is 0 Å². The van der Waals surface area contributed by atoms with Gasteiger partial charge in [0.05, 0.1) is 6.10 Å². The minimum atomic E-state index is -0.357. The van der Waals surface area contributed by atoms with Crippen molar-refractivity contribution < 1.29 is 5.11 Å². The number of aliphatic hydroxyl groups is 1. The van der Waals surface area contributed by atoms with Gasteiger partial charge in [-0.3, -0.25) is 0 Å². The molecule has 0 bridgehead atoms. The van der Waals surface area contributed by atoms with E-state index in [-0.39, 0.29) is 6.10 Å². The molecular weight excluding hydrogens is 256 g/mol. The quantitative estimate of drug-likeness (QED) is 0.883. The molecule has 0 saturated carbocycles. The van der Waals surface area contributed by atoms with E-state index in [0.717, 1.165) is 24.8 Å². The van der Waals surface area contributed by atoms with Crippen LogP contribution >= 0.6 is 0 Å². The maximum absolute atomic E-state index is 10.8. The molecule has 1 atom stereocenters. The van der Waals surface area contributed by atoms with Crippen molar-refractivity contribution >= 4 is 0 Å². The Bertz CT molecular complexity index is 590. The summed E-state index contributed by atoms with van der Waals surface area (Å²) in [4.78, 5) is 0. The predicted octanol–water partition coefficient (Wildman–Crippen LogP) is 4.33. The first-order chi connectivity index (χ1) is 10.1. The summed E-state index contributed by atoms with van der Waals surface area (Å²) in [5.41, 5.74) is 5.21. The normalized spacial score (nSPS) is 16.2. The van der Waals surface area contributed by atoms with E-state index >= 15 is 0 Å². The van der Waals surface area contributed by atoms with E-state index in [9.17, 15) is 5.11 Å². The Kier molecular flexibility index (Phi) is 4.12. The standard InChI is InChI=1S/C20H24O/c1-14(2)10-15-6-5-9-18(11-15)20(21)19-12-16-7-3-4-8-17(16)13-19/h3-9,11,14,19-21H,10,12-13H2,1-2H3. The van der Waals surface area contributed by atoms with Crippen LogP contribution in [0.2, 0.25) is 0 Å². The molecule has 0 saturated heterocycles. The molecule has 1 aliphatic carbocycles. The minimum Gasteiger partial charge on any atom is -0.388 e. The molecular formula is C20H24O. The molecule has 3 rings (SSSR count). The molecule has 0 spiro atoms. The monoisotopic (exact) mass is 280 g/mol. The highest BCUT2D eigenvalue weighted by Gasteiger charge is 2.28. The van der Waals surface area contributed by atoms with Crippen LogP contribution in [0.25, 0.3) is 0 Å². The maximum atomic E-state index is 10.8. The SMILES string of the molecule is CC(C)Cc1cccc(C(O)C2Cc3ccccc3C2)c1. The molecule has 2 aromatic rings. The van der Waals surface area contributed by atoms with E-state index in [2.05, 4.69) is 62.4 Å². The van der Waals surface area contributed by atoms with Crippen LogP contribution in [-0.2, 0) is 19.3 Å². The van der Waals surface area contributed by atoms with Gasteiger partial charge in [0.15, 0.2) is 0 Å². The molecule has 0 fully saturated rings. The summed E-state index contributed by atoms with van der Waals surface area (Å²) < 4.78 is 0. The van der Waals surface area contributed by atoms with Crippen molar-refractivity contribution in [1.29, 1.82) is 0 Å². The molecule has 2 aromatic carbocycles. The van der Waals surface area contributed by atoms with E-state index < -0.39 is 0 Å². The zero-order valence-electron chi connectivity index (χ0n) is 12.9. The van der Waals surface area contributed by atoms with E-state index in [1.165, 1.54) is 16.7 Å². The summed E-state index contributed by atoms with van der Waals surface area (Å²) in [6, 6.07) is 17.1. The fourth-order valence-corrected chi connectivity index (χ4v) is 3.46. The molecule has 0 radical (unpaired) electrons. The zero-order chi connectivity index (χ0) is 14.8. The van der Waals surface area contributed by atoms with Gasteiger partial charge in [-0.2, -0.15) is 0 Å². The van der Waals surface area contributed by atoms with Gasteiger partial charge in [0.2, 0.25) is 0 Å². The third-order valence-corrected chi connectivity index (χ3v) is 4.47. The number of benzene rings is 2. The van der Waals surface area contributed by atoms with E-state index in [4.69, 9.17) is 0 Å². The molecule has 1 heteroatoms. The molecule has 0 aliphatic heterocycles. The van der Waals surface area contributed by atoms with Crippen LogP contribution < -0.4 is 0 Å². The Balaban J connectivity index is 1.76.